The number of nitrogens with one attached hydrogen (secondary N) is 3. The number of amides is 1. The van der Waals surface area contributed by atoms with Crippen LogP contribution < -0.4 is 5.32 Å². The van der Waals surface area contributed by atoms with Gasteiger partial charge in [-0.1, -0.05) is 29.8 Å². The number of hydrogen-bond donors (Lipinski definition) is 3. The van der Waals surface area contributed by atoms with E-state index in [2.05, 4.69) is 64.8 Å². The van der Waals surface area contributed by atoms with E-state index in [9.17, 15) is 4.79 Å². The second kappa shape index (κ2) is 6.86. The zero-order chi connectivity index (χ0) is 19.1. The Bertz CT molecular complexity index is 1170. The van der Waals surface area contributed by atoms with Crippen LogP contribution in [0.15, 0.2) is 48.7 Å². The Hall–Kier alpha value is -3.01. The summed E-state index contributed by atoms with van der Waals surface area (Å²) in [5, 5.41) is 5.70. The van der Waals surface area contributed by atoms with Crippen molar-refractivity contribution in [1.29, 1.82) is 0 Å². The smallest absolute Gasteiger partial charge is 0.223 e. The molecule has 0 saturated carbocycles. The molecule has 1 unspecified atom stereocenters. The van der Waals surface area contributed by atoms with Gasteiger partial charge in [-0.3, -0.25) is 4.79 Å². The lowest BCUT2D eigenvalue weighted by Crippen LogP contribution is -2.35. The van der Waals surface area contributed by atoms with E-state index in [1.54, 1.807) is 0 Å². The lowest BCUT2D eigenvalue weighted by atomic mass is 9.85. The molecule has 142 valence electrons. The highest BCUT2D eigenvalue weighted by Gasteiger charge is 2.27. The Labute approximate surface area is 164 Å². The molecule has 0 fully saturated rings. The fourth-order valence-corrected chi connectivity index (χ4v) is 4.56. The molecule has 2 heterocycles. The topological polar surface area (TPSA) is 60.7 Å². The third-order valence-electron chi connectivity index (χ3n) is 6.08. The Balaban J connectivity index is 1.25. The summed E-state index contributed by atoms with van der Waals surface area (Å²) in [5.41, 5.74) is 7.51. The highest BCUT2D eigenvalue weighted by atomic mass is 16.1. The van der Waals surface area contributed by atoms with Gasteiger partial charge in [0.2, 0.25) is 5.91 Å². The van der Waals surface area contributed by atoms with Crippen molar-refractivity contribution in [3.63, 3.8) is 0 Å². The minimum atomic E-state index is 0.0648. The van der Waals surface area contributed by atoms with Gasteiger partial charge in [-0.15, -0.1) is 0 Å². The number of benzene rings is 2. The van der Waals surface area contributed by atoms with Crippen molar-refractivity contribution in [3.05, 3.63) is 71.0 Å². The lowest BCUT2D eigenvalue weighted by Gasteiger charge is -2.22. The third kappa shape index (κ3) is 2.99. The van der Waals surface area contributed by atoms with Gasteiger partial charge < -0.3 is 15.3 Å². The Morgan fingerprint density at radius 3 is 2.96 bits per heavy atom. The number of aromatic nitrogens is 2. The van der Waals surface area contributed by atoms with Gasteiger partial charge in [0.05, 0.1) is 0 Å². The van der Waals surface area contributed by atoms with Crippen LogP contribution in [0.1, 0.15) is 28.8 Å². The number of H-pyrrole nitrogens is 2. The Kier molecular flexibility index (Phi) is 4.19. The van der Waals surface area contributed by atoms with E-state index in [4.69, 9.17) is 0 Å². The molecule has 0 aliphatic heterocycles. The number of para-hydroxylation sites is 1. The zero-order valence-electron chi connectivity index (χ0n) is 16.1. The predicted molar refractivity (Wildman–Crippen MR) is 114 cm³/mol. The van der Waals surface area contributed by atoms with Crippen molar-refractivity contribution < 1.29 is 4.79 Å². The summed E-state index contributed by atoms with van der Waals surface area (Å²) in [6.07, 6.45) is 5.59. The molecule has 2 aromatic carbocycles. The summed E-state index contributed by atoms with van der Waals surface area (Å²) >= 11 is 0. The van der Waals surface area contributed by atoms with E-state index in [1.807, 2.05) is 6.07 Å². The average molecular weight is 371 g/mol. The Morgan fingerprint density at radius 1 is 1.14 bits per heavy atom. The van der Waals surface area contributed by atoms with Crippen LogP contribution in [-0.4, -0.2) is 22.4 Å². The van der Waals surface area contributed by atoms with Gasteiger partial charge in [0, 0.05) is 46.2 Å². The molecule has 0 spiro atoms. The summed E-state index contributed by atoms with van der Waals surface area (Å²) in [6, 6.07) is 14.8. The van der Waals surface area contributed by atoms with Gasteiger partial charge in [-0.25, -0.2) is 0 Å². The lowest BCUT2D eigenvalue weighted by molar-refractivity contribution is -0.125. The van der Waals surface area contributed by atoms with Gasteiger partial charge in [-0.05, 0) is 61.9 Å². The molecule has 1 aliphatic rings. The number of aromatic amines is 2. The van der Waals surface area contributed by atoms with Crippen molar-refractivity contribution >= 4 is 27.7 Å². The maximum atomic E-state index is 12.8. The standard InChI is InChI=1S/C24H25N3O/c1-15-6-8-22-19(12-15)20-13-16(7-9-23(20)27-22)24(28)25-11-10-17-14-26-21-5-3-2-4-18(17)21/h2-6,8,12,14,16,26-27H,7,9-11,13H2,1H3,(H,25,28). The molecule has 28 heavy (non-hydrogen) atoms. The van der Waals surface area contributed by atoms with E-state index in [-0.39, 0.29) is 11.8 Å². The highest BCUT2D eigenvalue weighted by molar-refractivity contribution is 5.87. The van der Waals surface area contributed by atoms with Crippen LogP contribution in [0.4, 0.5) is 0 Å². The van der Waals surface area contributed by atoms with Crippen LogP contribution in [-0.2, 0) is 24.1 Å². The number of carbonyl (C=O) groups is 1. The van der Waals surface area contributed by atoms with Gasteiger partial charge in [0.1, 0.15) is 0 Å². The first-order valence-electron chi connectivity index (χ1n) is 10.1. The fourth-order valence-electron chi connectivity index (χ4n) is 4.56. The normalized spacial score (nSPS) is 16.4. The van der Waals surface area contributed by atoms with Gasteiger partial charge >= 0.3 is 0 Å². The molecule has 0 bridgehead atoms. The second-order valence-corrected chi connectivity index (χ2v) is 7.97. The molecule has 5 rings (SSSR count). The third-order valence-corrected chi connectivity index (χ3v) is 6.08. The van der Waals surface area contributed by atoms with Crippen LogP contribution >= 0.6 is 0 Å². The molecule has 0 radical (unpaired) electrons. The molecule has 4 heteroatoms. The maximum absolute atomic E-state index is 12.8. The average Bonchev–Trinajstić information content (AvgIpc) is 3.29. The number of carbonyl (C=O) groups excluding carboxylic acids is 1. The van der Waals surface area contributed by atoms with Crippen molar-refractivity contribution in [2.75, 3.05) is 6.54 Å². The molecule has 4 nitrogen and oxygen atoms in total. The van der Waals surface area contributed by atoms with Crippen LogP contribution in [0.25, 0.3) is 21.8 Å². The fraction of sp³-hybridized carbons (Fsp3) is 0.292. The number of aryl methyl sites for hydroxylation is 2. The van der Waals surface area contributed by atoms with Gasteiger partial charge in [-0.2, -0.15) is 0 Å². The molecular weight excluding hydrogens is 346 g/mol. The number of hydrogen-bond acceptors (Lipinski definition) is 1. The second-order valence-electron chi connectivity index (χ2n) is 7.97. The summed E-state index contributed by atoms with van der Waals surface area (Å²) in [7, 11) is 0. The van der Waals surface area contributed by atoms with E-state index < -0.39 is 0 Å². The van der Waals surface area contributed by atoms with Crippen LogP contribution in [0.2, 0.25) is 0 Å². The number of rotatable bonds is 4. The van der Waals surface area contributed by atoms with Crippen molar-refractivity contribution in [2.24, 2.45) is 5.92 Å². The van der Waals surface area contributed by atoms with Crippen molar-refractivity contribution in [1.82, 2.24) is 15.3 Å². The summed E-state index contributed by atoms with van der Waals surface area (Å²) in [5.74, 6) is 0.252. The molecule has 3 N–H and O–H groups in total. The maximum Gasteiger partial charge on any atom is 0.223 e. The molecular formula is C24H25N3O. The first-order chi connectivity index (χ1) is 13.7. The van der Waals surface area contributed by atoms with Gasteiger partial charge in [0.15, 0.2) is 0 Å². The van der Waals surface area contributed by atoms with Crippen molar-refractivity contribution in [3.8, 4) is 0 Å². The van der Waals surface area contributed by atoms with Crippen LogP contribution in [0.5, 0.6) is 0 Å². The zero-order valence-corrected chi connectivity index (χ0v) is 16.1. The molecule has 1 aliphatic carbocycles. The van der Waals surface area contributed by atoms with Crippen molar-refractivity contribution in [2.45, 2.75) is 32.6 Å². The molecule has 1 amide bonds. The number of fused-ring (bicyclic) bond motifs is 4. The summed E-state index contributed by atoms with van der Waals surface area (Å²) in [6.45, 7) is 2.80. The van der Waals surface area contributed by atoms with Crippen LogP contribution in [0.3, 0.4) is 0 Å². The highest BCUT2D eigenvalue weighted by Crippen LogP contribution is 2.32. The van der Waals surface area contributed by atoms with E-state index in [1.165, 1.54) is 38.7 Å². The monoisotopic (exact) mass is 371 g/mol. The summed E-state index contributed by atoms with van der Waals surface area (Å²) < 4.78 is 0. The first kappa shape index (κ1) is 17.1. The quantitative estimate of drug-likeness (QED) is 0.489. The largest absolute Gasteiger partial charge is 0.361 e. The summed E-state index contributed by atoms with van der Waals surface area (Å²) in [4.78, 5) is 19.6. The molecule has 4 aromatic rings. The minimum Gasteiger partial charge on any atom is -0.361 e. The Morgan fingerprint density at radius 2 is 2.04 bits per heavy atom. The predicted octanol–water partition coefficient (Wildman–Crippen LogP) is 4.42. The first-order valence-corrected chi connectivity index (χ1v) is 10.1. The molecule has 1 atom stereocenters. The molecule has 2 aromatic heterocycles. The van der Waals surface area contributed by atoms with E-state index in [0.29, 0.717) is 6.54 Å². The van der Waals surface area contributed by atoms with Crippen LogP contribution in [0, 0.1) is 12.8 Å². The molecule has 0 saturated heterocycles. The minimum absolute atomic E-state index is 0.0648. The van der Waals surface area contributed by atoms with E-state index in [0.717, 1.165) is 31.2 Å². The van der Waals surface area contributed by atoms with E-state index >= 15 is 0 Å². The SMILES string of the molecule is Cc1ccc2[nH]c3c(c2c1)CC(C(=O)NCCc1c[nH]c2ccccc12)CC3. The van der Waals surface area contributed by atoms with Gasteiger partial charge in [0.25, 0.3) is 0 Å².